The maximum atomic E-state index is 13.0. The molecule has 2 aromatic carbocycles. The molecule has 7 nitrogen and oxygen atoms in total. The van der Waals surface area contributed by atoms with Crippen molar-refractivity contribution < 1.29 is 14.7 Å². The lowest BCUT2D eigenvalue weighted by Gasteiger charge is -2.19. The molecule has 37 heavy (non-hydrogen) atoms. The fourth-order valence-electron chi connectivity index (χ4n) is 5.31. The van der Waals surface area contributed by atoms with Crippen LogP contribution >= 0.6 is 11.6 Å². The minimum Gasteiger partial charge on any atom is -0.390 e. The Labute approximate surface area is 221 Å². The van der Waals surface area contributed by atoms with Gasteiger partial charge in [0.05, 0.1) is 17.2 Å². The number of benzene rings is 2. The molecule has 2 aliphatic rings. The van der Waals surface area contributed by atoms with Crippen molar-refractivity contribution in [2.45, 2.75) is 32.8 Å². The maximum Gasteiger partial charge on any atom is 0.256 e. The molecule has 1 atom stereocenters. The molecule has 0 radical (unpaired) electrons. The molecule has 3 heterocycles. The van der Waals surface area contributed by atoms with Gasteiger partial charge in [-0.05, 0) is 80.7 Å². The molecule has 8 heteroatoms. The van der Waals surface area contributed by atoms with Crippen LogP contribution in [0.4, 0.5) is 5.69 Å². The molecule has 4 N–H and O–H groups in total. The van der Waals surface area contributed by atoms with E-state index in [4.69, 9.17) is 11.6 Å². The number of hydrogen-bond donors (Lipinski definition) is 4. The van der Waals surface area contributed by atoms with Gasteiger partial charge < -0.3 is 25.6 Å². The van der Waals surface area contributed by atoms with Crippen molar-refractivity contribution in [2.75, 3.05) is 31.5 Å². The monoisotopic (exact) mass is 518 g/mol. The average Bonchev–Trinajstić information content (AvgIpc) is 3.56. The number of halogens is 1. The van der Waals surface area contributed by atoms with E-state index in [0.29, 0.717) is 34.1 Å². The highest BCUT2D eigenvalue weighted by Gasteiger charge is 2.28. The summed E-state index contributed by atoms with van der Waals surface area (Å²) in [6, 6.07) is 13.3. The number of nitrogens with one attached hydrogen (secondary N) is 3. The number of carbonyl (C=O) groups is 2. The average molecular weight is 519 g/mol. The Morgan fingerprint density at radius 2 is 1.95 bits per heavy atom. The van der Waals surface area contributed by atoms with Gasteiger partial charge in [-0.2, -0.15) is 0 Å². The van der Waals surface area contributed by atoms with Crippen LogP contribution in [0.15, 0.2) is 42.5 Å². The summed E-state index contributed by atoms with van der Waals surface area (Å²) in [6.45, 7) is 6.44. The van der Waals surface area contributed by atoms with Gasteiger partial charge in [0.15, 0.2) is 0 Å². The van der Waals surface area contributed by atoms with Crippen LogP contribution in [0.2, 0.25) is 5.02 Å². The molecule has 0 aliphatic carbocycles. The Kier molecular flexibility index (Phi) is 7.20. The first-order chi connectivity index (χ1) is 17.8. The van der Waals surface area contributed by atoms with Gasteiger partial charge in [-0.3, -0.25) is 9.59 Å². The molecule has 2 amide bonds. The molecule has 1 fully saturated rings. The van der Waals surface area contributed by atoms with Crippen LogP contribution < -0.4 is 10.6 Å². The maximum absolute atomic E-state index is 13.0. The second-order valence-corrected chi connectivity index (χ2v) is 10.2. The number of fused-ring (bicyclic) bond motifs is 1. The first-order valence-corrected chi connectivity index (χ1v) is 13.0. The number of likely N-dealkylation sites (tertiary alicyclic amines) is 1. The van der Waals surface area contributed by atoms with Crippen molar-refractivity contribution >= 4 is 40.8 Å². The third-order valence-electron chi connectivity index (χ3n) is 7.12. The standard InChI is InChI=1S/C29H31ClN4O3/c1-17-25(32-18(2)26(17)29(37)31-15-21(35)16-34-11-3-4-12-34)14-23-27-22(19-7-5-8-20(30)13-19)9-6-10-24(27)33-28(23)36/h5-10,13-14,21,32,35H,3-4,11-12,15-16H2,1-2H3,(H,31,37)(H,33,36). The molecule has 3 aromatic rings. The highest BCUT2D eigenvalue weighted by atomic mass is 35.5. The van der Waals surface area contributed by atoms with Gasteiger partial charge in [0, 0.05) is 40.8 Å². The number of H-pyrrole nitrogens is 1. The SMILES string of the molecule is Cc1[nH]c(C=C2C(=O)Nc3cccc(-c4cccc(Cl)c4)c32)c(C)c1C(=O)NCC(O)CN1CCCC1. The summed E-state index contributed by atoms with van der Waals surface area (Å²) in [5, 5.41) is 16.8. The number of nitrogens with zero attached hydrogens (tertiary/aromatic N) is 1. The Hall–Kier alpha value is -3.39. The van der Waals surface area contributed by atoms with Crippen molar-refractivity contribution in [3.05, 3.63) is 75.6 Å². The zero-order valence-electron chi connectivity index (χ0n) is 21.0. The summed E-state index contributed by atoms with van der Waals surface area (Å²) < 4.78 is 0. The molecule has 1 aromatic heterocycles. The third-order valence-corrected chi connectivity index (χ3v) is 7.36. The normalized spacial score (nSPS) is 17.2. The Balaban J connectivity index is 1.41. The van der Waals surface area contributed by atoms with Gasteiger partial charge in [-0.25, -0.2) is 0 Å². The van der Waals surface area contributed by atoms with E-state index in [1.807, 2.05) is 56.3 Å². The molecule has 1 unspecified atom stereocenters. The Bertz CT molecular complexity index is 1390. The summed E-state index contributed by atoms with van der Waals surface area (Å²) in [5.41, 5.74) is 6.55. The molecular weight excluding hydrogens is 488 g/mol. The largest absolute Gasteiger partial charge is 0.390 e. The van der Waals surface area contributed by atoms with Gasteiger partial charge >= 0.3 is 0 Å². The number of aliphatic hydroxyl groups is 1. The van der Waals surface area contributed by atoms with E-state index in [1.54, 1.807) is 6.08 Å². The van der Waals surface area contributed by atoms with Crippen molar-refractivity contribution in [1.82, 2.24) is 15.2 Å². The number of aliphatic hydroxyl groups excluding tert-OH is 1. The number of aromatic amines is 1. The number of amides is 2. The number of carbonyl (C=O) groups excluding carboxylic acids is 2. The van der Waals surface area contributed by atoms with E-state index < -0.39 is 6.10 Å². The molecule has 5 rings (SSSR count). The van der Waals surface area contributed by atoms with Crippen LogP contribution in [0.1, 0.15) is 45.7 Å². The minimum atomic E-state index is -0.619. The van der Waals surface area contributed by atoms with Crippen LogP contribution in [-0.4, -0.2) is 59.1 Å². The van der Waals surface area contributed by atoms with E-state index in [9.17, 15) is 14.7 Å². The lowest BCUT2D eigenvalue weighted by molar-refractivity contribution is -0.110. The molecule has 1 saturated heterocycles. The number of aromatic nitrogens is 1. The summed E-state index contributed by atoms with van der Waals surface area (Å²) in [5.74, 6) is -0.445. The first-order valence-electron chi connectivity index (χ1n) is 12.6. The molecule has 0 bridgehead atoms. The summed E-state index contributed by atoms with van der Waals surface area (Å²) in [7, 11) is 0. The number of anilines is 1. The predicted molar refractivity (Wildman–Crippen MR) is 148 cm³/mol. The van der Waals surface area contributed by atoms with Crippen LogP contribution in [-0.2, 0) is 4.79 Å². The third kappa shape index (κ3) is 5.21. The zero-order chi connectivity index (χ0) is 26.1. The van der Waals surface area contributed by atoms with Crippen molar-refractivity contribution in [3.63, 3.8) is 0 Å². The second-order valence-electron chi connectivity index (χ2n) is 9.79. The summed E-state index contributed by atoms with van der Waals surface area (Å²) in [6.07, 6.45) is 3.49. The fourth-order valence-corrected chi connectivity index (χ4v) is 5.50. The Morgan fingerprint density at radius 1 is 1.19 bits per heavy atom. The van der Waals surface area contributed by atoms with Gasteiger partial charge in [-0.15, -0.1) is 0 Å². The van der Waals surface area contributed by atoms with E-state index in [1.165, 1.54) is 0 Å². The predicted octanol–water partition coefficient (Wildman–Crippen LogP) is 4.63. The smallest absolute Gasteiger partial charge is 0.256 e. The number of aryl methyl sites for hydroxylation is 1. The number of β-amino-alcohol motifs (C(OH)–C–C–N with tert-alkyl or cyclic N) is 1. The van der Waals surface area contributed by atoms with Gasteiger partial charge in [-0.1, -0.05) is 35.9 Å². The van der Waals surface area contributed by atoms with Crippen molar-refractivity contribution in [3.8, 4) is 11.1 Å². The van der Waals surface area contributed by atoms with Gasteiger partial charge in [0.25, 0.3) is 11.8 Å². The zero-order valence-corrected chi connectivity index (χ0v) is 21.8. The summed E-state index contributed by atoms with van der Waals surface area (Å²) in [4.78, 5) is 31.6. The molecule has 0 saturated carbocycles. The summed E-state index contributed by atoms with van der Waals surface area (Å²) >= 11 is 6.24. The van der Waals surface area contributed by atoms with Crippen molar-refractivity contribution in [1.29, 1.82) is 0 Å². The number of hydrogen-bond acceptors (Lipinski definition) is 4. The topological polar surface area (TPSA) is 97.5 Å². The van der Waals surface area contributed by atoms with Crippen LogP contribution in [0.3, 0.4) is 0 Å². The first kappa shape index (κ1) is 25.3. The molecule has 2 aliphatic heterocycles. The minimum absolute atomic E-state index is 0.189. The fraction of sp³-hybridized carbons (Fsp3) is 0.310. The highest BCUT2D eigenvalue weighted by molar-refractivity contribution is 6.36. The Morgan fingerprint density at radius 3 is 2.70 bits per heavy atom. The molecule has 192 valence electrons. The van der Waals surface area contributed by atoms with Crippen molar-refractivity contribution in [2.24, 2.45) is 0 Å². The van der Waals surface area contributed by atoms with Gasteiger partial charge in [0.2, 0.25) is 0 Å². The van der Waals surface area contributed by atoms with E-state index >= 15 is 0 Å². The second kappa shape index (κ2) is 10.5. The van der Waals surface area contributed by atoms with E-state index in [0.717, 1.165) is 53.9 Å². The van der Waals surface area contributed by atoms with Gasteiger partial charge in [0.1, 0.15) is 0 Å². The lowest BCUT2D eigenvalue weighted by atomic mass is 9.94. The van der Waals surface area contributed by atoms with Crippen LogP contribution in [0, 0.1) is 13.8 Å². The molecular formula is C29H31ClN4O3. The van der Waals surface area contributed by atoms with E-state index in [-0.39, 0.29) is 18.4 Å². The van der Waals surface area contributed by atoms with Crippen LogP contribution in [0.5, 0.6) is 0 Å². The lowest BCUT2D eigenvalue weighted by Crippen LogP contribution is -2.39. The quantitative estimate of drug-likeness (QED) is 0.343. The van der Waals surface area contributed by atoms with E-state index in [2.05, 4.69) is 20.5 Å². The number of rotatable bonds is 7. The van der Waals surface area contributed by atoms with Crippen LogP contribution in [0.25, 0.3) is 22.8 Å². The molecule has 0 spiro atoms. The highest BCUT2D eigenvalue weighted by Crippen LogP contribution is 2.41.